The van der Waals surface area contributed by atoms with Crippen LogP contribution in [-0.4, -0.2) is 11.6 Å². The minimum Gasteiger partial charge on any atom is -0.465 e. The third-order valence-corrected chi connectivity index (χ3v) is 6.23. The predicted octanol–water partition coefficient (Wildman–Crippen LogP) is 7.71. The predicted molar refractivity (Wildman–Crippen MR) is 138 cm³/mol. The van der Waals surface area contributed by atoms with Crippen molar-refractivity contribution >= 4 is 45.7 Å². The Balaban J connectivity index is 1.53. The molecule has 0 bridgehead atoms. The molecule has 5 heteroatoms. The third-order valence-electron chi connectivity index (χ3n) is 6.23. The Morgan fingerprint density at radius 3 is 1.92 bits per heavy atom. The molecule has 36 heavy (non-hydrogen) atoms. The van der Waals surface area contributed by atoms with Crippen LogP contribution in [0.3, 0.4) is 0 Å². The zero-order valence-electron chi connectivity index (χ0n) is 19.4. The molecule has 0 fully saturated rings. The third kappa shape index (κ3) is 3.67. The molecule has 3 heterocycles. The van der Waals surface area contributed by atoms with Crippen molar-refractivity contribution in [1.82, 2.24) is 0 Å². The Bertz CT molecular complexity index is 1750. The van der Waals surface area contributed by atoms with E-state index in [2.05, 4.69) is 0 Å². The molecule has 0 radical (unpaired) electrons. The van der Waals surface area contributed by atoms with Crippen LogP contribution in [0.2, 0.25) is 0 Å². The monoisotopic (exact) mass is 472 g/mol. The molecule has 0 aliphatic heterocycles. The molecule has 0 amide bonds. The van der Waals surface area contributed by atoms with Crippen LogP contribution in [0, 0.1) is 6.92 Å². The Kier molecular flexibility index (Phi) is 5.23. The average molecular weight is 472 g/mol. The summed E-state index contributed by atoms with van der Waals surface area (Å²) in [7, 11) is 0. The molecule has 0 spiro atoms. The first kappa shape index (κ1) is 21.6. The van der Waals surface area contributed by atoms with Gasteiger partial charge in [0.2, 0.25) is 11.6 Å². The molecule has 6 aromatic rings. The van der Waals surface area contributed by atoms with Crippen LogP contribution in [0.15, 0.2) is 104 Å². The van der Waals surface area contributed by atoms with E-state index in [1.807, 2.05) is 61.5 Å². The smallest absolute Gasteiger partial charge is 0.228 e. The van der Waals surface area contributed by atoms with Crippen LogP contribution in [0.4, 0.5) is 0 Å². The lowest BCUT2D eigenvalue weighted by Gasteiger charge is -1.99. The minimum atomic E-state index is -0.223. The number of ketones is 2. The molecule has 3 aromatic carbocycles. The van der Waals surface area contributed by atoms with Crippen molar-refractivity contribution < 1.29 is 22.8 Å². The van der Waals surface area contributed by atoms with E-state index in [-0.39, 0.29) is 23.1 Å². The highest BCUT2D eigenvalue weighted by Gasteiger charge is 2.24. The summed E-state index contributed by atoms with van der Waals surface area (Å²) in [6.07, 6.45) is 5.20. The minimum absolute atomic E-state index is 0.182. The Labute approximate surface area is 206 Å². The van der Waals surface area contributed by atoms with Gasteiger partial charge in [0.15, 0.2) is 11.5 Å². The maximum Gasteiger partial charge on any atom is 0.228 e. The van der Waals surface area contributed by atoms with Crippen LogP contribution in [0.1, 0.15) is 49.1 Å². The van der Waals surface area contributed by atoms with Gasteiger partial charge in [0.1, 0.15) is 16.9 Å². The van der Waals surface area contributed by atoms with Gasteiger partial charge in [-0.05, 0) is 37.3 Å². The van der Waals surface area contributed by atoms with Gasteiger partial charge < -0.3 is 13.3 Å². The molecule has 0 aliphatic rings. The molecular weight excluding hydrogens is 452 g/mol. The molecule has 0 atom stereocenters. The second kappa shape index (κ2) is 8.71. The number of furan rings is 3. The molecule has 6 rings (SSSR count). The molecule has 3 aromatic heterocycles. The number of carbonyl (C=O) groups is 2. The molecule has 0 aliphatic carbocycles. The van der Waals surface area contributed by atoms with Gasteiger partial charge in [-0.1, -0.05) is 60.7 Å². The van der Waals surface area contributed by atoms with E-state index in [4.69, 9.17) is 13.3 Å². The number of carbonyl (C=O) groups excluding carboxylic acids is 2. The summed E-state index contributed by atoms with van der Waals surface area (Å²) in [4.78, 5) is 26.5. The van der Waals surface area contributed by atoms with Gasteiger partial charge in [-0.25, -0.2) is 0 Å². The Morgan fingerprint density at radius 2 is 1.28 bits per heavy atom. The second-order valence-electron chi connectivity index (χ2n) is 8.48. The van der Waals surface area contributed by atoms with Gasteiger partial charge in [0.05, 0.1) is 6.26 Å². The lowest BCUT2D eigenvalue weighted by Crippen LogP contribution is -2.01. The normalized spacial score (nSPS) is 11.6. The molecule has 174 valence electrons. The fourth-order valence-electron chi connectivity index (χ4n) is 4.37. The fourth-order valence-corrected chi connectivity index (χ4v) is 4.37. The second-order valence-corrected chi connectivity index (χ2v) is 8.48. The molecule has 0 unspecified atom stereocenters. The molecule has 0 saturated heterocycles. The standard InChI is InChI=1S/C31H20O5/c1-19-24-17-25-23(15-14-22-13-8-16-34-22)31(29(33)21-11-6-3-7-12-21)36-27(25)18-26(24)35-30(19)28(32)20-9-4-2-5-10-20/h2-18H,1H3/b15-14+. The maximum absolute atomic E-state index is 13.4. The summed E-state index contributed by atoms with van der Waals surface area (Å²) in [6, 6.07) is 25.3. The van der Waals surface area contributed by atoms with Gasteiger partial charge in [0.25, 0.3) is 0 Å². The van der Waals surface area contributed by atoms with Gasteiger partial charge in [-0.2, -0.15) is 0 Å². The van der Waals surface area contributed by atoms with E-state index >= 15 is 0 Å². The number of hydrogen-bond acceptors (Lipinski definition) is 5. The lowest BCUT2D eigenvalue weighted by molar-refractivity contribution is 0.100. The highest BCUT2D eigenvalue weighted by Crippen LogP contribution is 2.36. The first-order valence-electron chi connectivity index (χ1n) is 11.5. The quantitative estimate of drug-likeness (QED) is 0.232. The summed E-state index contributed by atoms with van der Waals surface area (Å²) in [6.45, 7) is 1.86. The van der Waals surface area contributed by atoms with Crippen LogP contribution in [0.5, 0.6) is 0 Å². The van der Waals surface area contributed by atoms with Crippen LogP contribution in [0.25, 0.3) is 34.1 Å². The van der Waals surface area contributed by atoms with Crippen LogP contribution >= 0.6 is 0 Å². The van der Waals surface area contributed by atoms with Crippen molar-refractivity contribution in [2.45, 2.75) is 6.92 Å². The van der Waals surface area contributed by atoms with Gasteiger partial charge in [-0.15, -0.1) is 0 Å². The molecular formula is C31H20O5. The highest BCUT2D eigenvalue weighted by atomic mass is 16.4. The largest absolute Gasteiger partial charge is 0.465 e. The van der Waals surface area contributed by atoms with E-state index in [0.29, 0.717) is 33.6 Å². The Hall–Kier alpha value is -4.90. The van der Waals surface area contributed by atoms with E-state index < -0.39 is 0 Å². The SMILES string of the molecule is Cc1c(C(=O)c2ccccc2)oc2cc3oc(C(=O)c4ccccc4)c(/C=C/c4ccco4)c3cc12. The van der Waals surface area contributed by atoms with Gasteiger partial charge >= 0.3 is 0 Å². The van der Waals surface area contributed by atoms with Crippen molar-refractivity contribution in [3.05, 3.63) is 131 Å². The summed E-state index contributed by atoms with van der Waals surface area (Å²) >= 11 is 0. The number of aryl methyl sites for hydroxylation is 1. The van der Waals surface area contributed by atoms with Crippen molar-refractivity contribution in [3.63, 3.8) is 0 Å². The van der Waals surface area contributed by atoms with Crippen molar-refractivity contribution in [2.24, 2.45) is 0 Å². The van der Waals surface area contributed by atoms with E-state index in [1.54, 1.807) is 48.7 Å². The van der Waals surface area contributed by atoms with Gasteiger partial charge in [0, 0.05) is 39.1 Å². The topological polar surface area (TPSA) is 73.6 Å². The summed E-state index contributed by atoms with van der Waals surface area (Å²) in [5.74, 6) is 0.763. The number of fused-ring (bicyclic) bond motifs is 2. The zero-order valence-corrected chi connectivity index (χ0v) is 19.4. The van der Waals surface area contributed by atoms with E-state index in [9.17, 15) is 9.59 Å². The molecule has 0 N–H and O–H groups in total. The van der Waals surface area contributed by atoms with Crippen LogP contribution in [-0.2, 0) is 0 Å². The number of benzene rings is 3. The first-order chi connectivity index (χ1) is 17.6. The maximum atomic E-state index is 13.4. The lowest BCUT2D eigenvalue weighted by atomic mass is 10.0. The van der Waals surface area contributed by atoms with Gasteiger partial charge in [-0.3, -0.25) is 9.59 Å². The average Bonchev–Trinajstić information content (AvgIpc) is 3.64. The summed E-state index contributed by atoms with van der Waals surface area (Å²) in [5.41, 5.74) is 3.47. The summed E-state index contributed by atoms with van der Waals surface area (Å²) < 4.78 is 17.6. The van der Waals surface area contributed by atoms with E-state index in [1.165, 1.54) is 0 Å². The fraction of sp³-hybridized carbons (Fsp3) is 0.0323. The first-order valence-corrected chi connectivity index (χ1v) is 11.5. The van der Waals surface area contributed by atoms with E-state index in [0.717, 1.165) is 16.3 Å². The molecule has 0 saturated carbocycles. The van der Waals surface area contributed by atoms with Crippen LogP contribution < -0.4 is 0 Å². The van der Waals surface area contributed by atoms with Crippen molar-refractivity contribution in [1.29, 1.82) is 0 Å². The zero-order chi connectivity index (χ0) is 24.6. The highest BCUT2D eigenvalue weighted by molar-refractivity contribution is 6.15. The van der Waals surface area contributed by atoms with Crippen molar-refractivity contribution in [3.8, 4) is 0 Å². The number of hydrogen-bond donors (Lipinski definition) is 0. The number of rotatable bonds is 6. The summed E-state index contributed by atoms with van der Waals surface area (Å²) in [5, 5.41) is 1.53. The Morgan fingerprint density at radius 1 is 0.667 bits per heavy atom. The molecule has 5 nitrogen and oxygen atoms in total. The van der Waals surface area contributed by atoms with Crippen molar-refractivity contribution in [2.75, 3.05) is 0 Å².